The fraction of sp³-hybridized carbons (Fsp3) is 0.625. The van der Waals surface area contributed by atoms with E-state index in [1.807, 2.05) is 24.3 Å². The molecule has 1 aliphatic heterocycles. The van der Waals surface area contributed by atoms with E-state index in [1.165, 1.54) is 25.9 Å². The lowest BCUT2D eigenvalue weighted by Crippen LogP contribution is -2.39. The molecule has 0 aromatic heterocycles. The van der Waals surface area contributed by atoms with Crippen molar-refractivity contribution in [2.75, 3.05) is 32.8 Å². The van der Waals surface area contributed by atoms with Crippen LogP contribution in [0.25, 0.3) is 0 Å². The van der Waals surface area contributed by atoms with Crippen LogP contribution < -0.4 is 10.5 Å². The van der Waals surface area contributed by atoms with Gasteiger partial charge in [-0.05, 0) is 63.1 Å². The molecule has 0 aliphatic carbocycles. The molecule has 0 bridgehead atoms. The minimum atomic E-state index is 0.438. The van der Waals surface area contributed by atoms with Crippen LogP contribution >= 0.6 is 11.6 Å². The molecule has 2 N–H and O–H groups in total. The van der Waals surface area contributed by atoms with Crippen molar-refractivity contribution in [2.24, 2.45) is 17.6 Å². The summed E-state index contributed by atoms with van der Waals surface area (Å²) in [6.45, 7) is 7.14. The van der Waals surface area contributed by atoms with Crippen LogP contribution in [-0.4, -0.2) is 37.7 Å². The molecular weight excluding hydrogens is 272 g/mol. The van der Waals surface area contributed by atoms with E-state index in [1.54, 1.807) is 0 Å². The minimum absolute atomic E-state index is 0.438. The first-order valence-corrected chi connectivity index (χ1v) is 7.91. The summed E-state index contributed by atoms with van der Waals surface area (Å²) in [6.07, 6.45) is 2.46. The van der Waals surface area contributed by atoms with Gasteiger partial charge in [0.1, 0.15) is 5.75 Å². The molecule has 1 fully saturated rings. The van der Waals surface area contributed by atoms with Gasteiger partial charge in [-0.3, -0.25) is 0 Å². The largest absolute Gasteiger partial charge is 0.493 e. The van der Waals surface area contributed by atoms with Crippen LogP contribution in [0.4, 0.5) is 0 Å². The molecule has 0 amide bonds. The zero-order chi connectivity index (χ0) is 14.4. The van der Waals surface area contributed by atoms with Crippen molar-refractivity contribution in [3.63, 3.8) is 0 Å². The summed E-state index contributed by atoms with van der Waals surface area (Å²) in [4.78, 5) is 2.50. The average Bonchev–Trinajstić information content (AvgIpc) is 2.48. The quantitative estimate of drug-likeness (QED) is 0.877. The van der Waals surface area contributed by atoms with E-state index in [9.17, 15) is 0 Å². The smallest absolute Gasteiger partial charge is 0.120 e. The van der Waals surface area contributed by atoms with Gasteiger partial charge in [0.25, 0.3) is 0 Å². The van der Waals surface area contributed by atoms with Gasteiger partial charge in [0.05, 0.1) is 6.61 Å². The molecule has 4 heteroatoms. The van der Waals surface area contributed by atoms with Crippen LogP contribution in [0.2, 0.25) is 5.02 Å². The van der Waals surface area contributed by atoms with Crippen molar-refractivity contribution in [3.05, 3.63) is 29.3 Å². The second-order valence-electron chi connectivity index (χ2n) is 5.54. The first kappa shape index (κ1) is 15.6. The number of piperidine rings is 1. The predicted molar refractivity (Wildman–Crippen MR) is 84.3 cm³/mol. The summed E-state index contributed by atoms with van der Waals surface area (Å²) < 4.78 is 5.87. The number of nitrogens with two attached hydrogens (primary N) is 1. The maximum Gasteiger partial charge on any atom is 0.120 e. The van der Waals surface area contributed by atoms with E-state index in [2.05, 4.69) is 11.8 Å². The molecule has 3 nitrogen and oxygen atoms in total. The van der Waals surface area contributed by atoms with Gasteiger partial charge in [-0.2, -0.15) is 0 Å². The normalized spacial score (nSPS) is 18.9. The standard InChI is InChI=1S/C16H25ClN2O/c1-2-19-8-6-13(7-9-19)14(11-18)12-20-16-5-3-4-15(17)10-16/h3-5,10,13-14H,2,6-9,11-12,18H2,1H3. The number of benzene rings is 1. The Hall–Kier alpha value is -0.770. The fourth-order valence-electron chi connectivity index (χ4n) is 2.90. The number of rotatable bonds is 6. The number of hydrogen-bond donors (Lipinski definition) is 1. The summed E-state index contributed by atoms with van der Waals surface area (Å²) in [5.41, 5.74) is 5.95. The van der Waals surface area contributed by atoms with E-state index >= 15 is 0 Å². The molecule has 1 aliphatic rings. The highest BCUT2D eigenvalue weighted by Crippen LogP contribution is 2.26. The zero-order valence-corrected chi connectivity index (χ0v) is 13.0. The van der Waals surface area contributed by atoms with Crippen LogP contribution in [0.15, 0.2) is 24.3 Å². The van der Waals surface area contributed by atoms with Crippen molar-refractivity contribution in [1.29, 1.82) is 0 Å². The van der Waals surface area contributed by atoms with Gasteiger partial charge in [0.2, 0.25) is 0 Å². The van der Waals surface area contributed by atoms with Gasteiger partial charge in [-0.25, -0.2) is 0 Å². The molecule has 1 saturated heterocycles. The van der Waals surface area contributed by atoms with Crippen molar-refractivity contribution >= 4 is 11.6 Å². The Morgan fingerprint density at radius 1 is 1.40 bits per heavy atom. The van der Waals surface area contributed by atoms with E-state index < -0.39 is 0 Å². The second-order valence-corrected chi connectivity index (χ2v) is 5.97. The highest BCUT2D eigenvalue weighted by molar-refractivity contribution is 6.30. The van der Waals surface area contributed by atoms with Gasteiger partial charge in [0.15, 0.2) is 0 Å². The van der Waals surface area contributed by atoms with Crippen LogP contribution in [0.1, 0.15) is 19.8 Å². The second kappa shape index (κ2) is 7.87. The molecule has 1 aromatic rings. The maximum absolute atomic E-state index is 5.96. The van der Waals surface area contributed by atoms with Crippen LogP contribution in [0, 0.1) is 11.8 Å². The lowest BCUT2D eigenvalue weighted by atomic mass is 9.84. The number of ether oxygens (including phenoxy) is 1. The van der Waals surface area contributed by atoms with Gasteiger partial charge in [-0.15, -0.1) is 0 Å². The number of hydrogen-bond acceptors (Lipinski definition) is 3. The minimum Gasteiger partial charge on any atom is -0.493 e. The zero-order valence-electron chi connectivity index (χ0n) is 12.2. The third-order valence-electron chi connectivity index (χ3n) is 4.31. The Morgan fingerprint density at radius 3 is 2.75 bits per heavy atom. The fourth-order valence-corrected chi connectivity index (χ4v) is 3.08. The Kier molecular flexibility index (Phi) is 6.14. The Balaban J connectivity index is 1.83. The molecule has 20 heavy (non-hydrogen) atoms. The molecule has 1 aromatic carbocycles. The Bertz CT molecular complexity index is 405. The third-order valence-corrected chi connectivity index (χ3v) is 4.54. The Labute approximate surface area is 127 Å². The van der Waals surface area contributed by atoms with Crippen molar-refractivity contribution < 1.29 is 4.74 Å². The Morgan fingerprint density at radius 2 is 2.15 bits per heavy atom. The van der Waals surface area contributed by atoms with E-state index in [0.29, 0.717) is 30.0 Å². The van der Waals surface area contributed by atoms with Gasteiger partial charge >= 0.3 is 0 Å². The lowest BCUT2D eigenvalue weighted by Gasteiger charge is -2.35. The molecule has 2 rings (SSSR count). The van der Waals surface area contributed by atoms with Gasteiger partial charge < -0.3 is 15.4 Å². The highest BCUT2D eigenvalue weighted by atomic mass is 35.5. The highest BCUT2D eigenvalue weighted by Gasteiger charge is 2.25. The summed E-state index contributed by atoms with van der Waals surface area (Å²) in [5.74, 6) is 1.96. The monoisotopic (exact) mass is 296 g/mol. The predicted octanol–water partition coefficient (Wildman–Crippen LogP) is 3.03. The SMILES string of the molecule is CCN1CCC(C(CN)COc2cccc(Cl)c2)CC1. The molecule has 1 atom stereocenters. The molecule has 1 heterocycles. The lowest BCUT2D eigenvalue weighted by molar-refractivity contribution is 0.121. The van der Waals surface area contributed by atoms with E-state index in [0.717, 1.165) is 12.3 Å². The first-order valence-electron chi connectivity index (χ1n) is 7.53. The van der Waals surface area contributed by atoms with Crippen molar-refractivity contribution in [3.8, 4) is 5.75 Å². The first-order chi connectivity index (χ1) is 9.72. The number of nitrogens with zero attached hydrogens (tertiary/aromatic N) is 1. The molecular formula is C16H25ClN2O. The molecule has 0 spiro atoms. The number of likely N-dealkylation sites (tertiary alicyclic amines) is 1. The van der Waals surface area contributed by atoms with Gasteiger partial charge in [0, 0.05) is 10.9 Å². The molecule has 0 radical (unpaired) electrons. The summed E-state index contributed by atoms with van der Waals surface area (Å²) in [7, 11) is 0. The van der Waals surface area contributed by atoms with Crippen LogP contribution in [0.3, 0.4) is 0 Å². The number of halogens is 1. The summed E-state index contributed by atoms with van der Waals surface area (Å²) in [6, 6.07) is 7.57. The van der Waals surface area contributed by atoms with Crippen molar-refractivity contribution in [1.82, 2.24) is 4.90 Å². The topological polar surface area (TPSA) is 38.5 Å². The molecule has 1 unspecified atom stereocenters. The maximum atomic E-state index is 5.96. The van der Waals surface area contributed by atoms with E-state index in [-0.39, 0.29) is 0 Å². The molecule has 112 valence electrons. The van der Waals surface area contributed by atoms with E-state index in [4.69, 9.17) is 22.1 Å². The van der Waals surface area contributed by atoms with Crippen LogP contribution in [0.5, 0.6) is 5.75 Å². The van der Waals surface area contributed by atoms with Gasteiger partial charge in [-0.1, -0.05) is 24.6 Å². The van der Waals surface area contributed by atoms with Crippen LogP contribution in [-0.2, 0) is 0 Å². The average molecular weight is 297 g/mol. The third kappa shape index (κ3) is 4.37. The summed E-state index contributed by atoms with van der Waals surface area (Å²) >= 11 is 5.96. The summed E-state index contributed by atoms with van der Waals surface area (Å²) in [5, 5.41) is 0.711. The molecule has 0 saturated carbocycles. The van der Waals surface area contributed by atoms with Crippen molar-refractivity contribution in [2.45, 2.75) is 19.8 Å².